The molecule has 0 fully saturated rings. The Morgan fingerprint density at radius 3 is 2.64 bits per heavy atom. The highest BCUT2D eigenvalue weighted by atomic mass is 35.5. The fraction of sp³-hybridized carbons (Fsp3) is 0.250. The van der Waals surface area contributed by atoms with Gasteiger partial charge in [0.15, 0.2) is 11.3 Å². The van der Waals surface area contributed by atoms with Gasteiger partial charge in [-0.25, -0.2) is 4.79 Å². The normalized spacial score (nSPS) is 10.0. The third-order valence-electron chi connectivity index (χ3n) is 1.67. The second-order valence-electron chi connectivity index (χ2n) is 2.59. The molecule has 0 radical (unpaired) electrons. The molecule has 1 rings (SSSR count). The van der Waals surface area contributed by atoms with E-state index in [2.05, 4.69) is 4.74 Å². The van der Waals surface area contributed by atoms with Gasteiger partial charge in [-0.1, -0.05) is 11.6 Å². The van der Waals surface area contributed by atoms with E-state index in [1.54, 1.807) is 0 Å². The number of carbonyl (C=O) groups is 1. The molecule has 1 heterocycles. The zero-order chi connectivity index (χ0) is 10.9. The largest absolute Gasteiger partial charge is 0.617 e. The highest BCUT2D eigenvalue weighted by Crippen LogP contribution is 2.22. The van der Waals surface area contributed by atoms with Gasteiger partial charge in [-0.15, -0.1) is 0 Å². The lowest BCUT2D eigenvalue weighted by molar-refractivity contribution is -0.610. The highest BCUT2D eigenvalue weighted by Gasteiger charge is 2.24. The van der Waals surface area contributed by atoms with Crippen LogP contribution in [0.25, 0.3) is 0 Å². The molecule has 0 aliphatic heterocycles. The molecule has 0 spiro atoms. The monoisotopic (exact) mass is 235 g/mol. The summed E-state index contributed by atoms with van der Waals surface area (Å²) in [4.78, 5) is 11.2. The van der Waals surface area contributed by atoms with Gasteiger partial charge in [0.2, 0.25) is 0 Å². The van der Waals surface area contributed by atoms with Crippen molar-refractivity contribution in [2.45, 2.75) is 6.92 Å². The number of halogens is 2. The highest BCUT2D eigenvalue weighted by molar-refractivity contribution is 6.38. The van der Waals surface area contributed by atoms with E-state index in [0.717, 1.165) is 0 Å². The molecule has 0 bridgehead atoms. The Labute approximate surface area is 90.6 Å². The van der Waals surface area contributed by atoms with Crippen LogP contribution in [0.4, 0.5) is 0 Å². The third-order valence-corrected chi connectivity index (χ3v) is 2.31. The van der Waals surface area contributed by atoms with E-state index in [9.17, 15) is 10.0 Å². The molecule has 0 aliphatic rings. The summed E-state index contributed by atoms with van der Waals surface area (Å²) in [6.45, 7) is 1.53. The van der Waals surface area contributed by atoms with E-state index in [1.807, 2.05) is 0 Å². The molecule has 0 aliphatic carbocycles. The number of pyridine rings is 1. The lowest BCUT2D eigenvalue weighted by atomic mass is 10.2. The maximum atomic E-state index is 11.3. The van der Waals surface area contributed by atoms with Crippen LogP contribution in [0.2, 0.25) is 10.2 Å². The van der Waals surface area contributed by atoms with E-state index in [0.29, 0.717) is 10.4 Å². The molecule has 76 valence electrons. The van der Waals surface area contributed by atoms with Crippen molar-refractivity contribution in [2.75, 3.05) is 7.11 Å². The van der Waals surface area contributed by atoms with Crippen molar-refractivity contribution < 1.29 is 14.3 Å². The maximum absolute atomic E-state index is 11.3. The van der Waals surface area contributed by atoms with Crippen LogP contribution in [0, 0.1) is 12.1 Å². The van der Waals surface area contributed by atoms with Crippen molar-refractivity contribution in [3.8, 4) is 0 Å². The van der Waals surface area contributed by atoms with Gasteiger partial charge < -0.3 is 9.94 Å². The first-order valence-electron chi connectivity index (χ1n) is 3.65. The number of nitrogens with zero attached hydrogens (tertiary/aromatic N) is 1. The zero-order valence-corrected chi connectivity index (χ0v) is 9.02. The molecule has 0 unspecified atom stereocenters. The molecule has 1 aromatic heterocycles. The molecule has 1 aromatic rings. The molecular weight excluding hydrogens is 229 g/mol. The number of methoxy groups -OCH3 is 1. The summed E-state index contributed by atoms with van der Waals surface area (Å²) >= 11 is 11.4. The first kappa shape index (κ1) is 11.1. The molecule has 14 heavy (non-hydrogen) atoms. The van der Waals surface area contributed by atoms with Gasteiger partial charge in [-0.2, -0.15) is 4.73 Å². The van der Waals surface area contributed by atoms with Gasteiger partial charge >= 0.3 is 11.1 Å². The number of ether oxygens (including phenoxy) is 1. The molecule has 0 saturated heterocycles. The summed E-state index contributed by atoms with van der Waals surface area (Å²) < 4.78 is 4.85. The predicted molar refractivity (Wildman–Crippen MR) is 51.5 cm³/mol. The van der Waals surface area contributed by atoms with Crippen LogP contribution in [0.15, 0.2) is 6.07 Å². The average molecular weight is 236 g/mol. The maximum Gasteiger partial charge on any atom is 0.347 e. The summed E-state index contributed by atoms with van der Waals surface area (Å²) in [6, 6.07) is 1.35. The standard InChI is InChI=1S/C8H7Cl2NO3/c1-4-3-5(9)6(8(12)14-2)7(10)11(4)13/h3H,1-2H3. The lowest BCUT2D eigenvalue weighted by Gasteiger charge is -2.07. The van der Waals surface area contributed by atoms with Crippen molar-refractivity contribution in [2.24, 2.45) is 0 Å². The van der Waals surface area contributed by atoms with E-state index in [4.69, 9.17) is 23.2 Å². The summed E-state index contributed by atoms with van der Waals surface area (Å²) in [7, 11) is 1.18. The second-order valence-corrected chi connectivity index (χ2v) is 3.35. The fourth-order valence-corrected chi connectivity index (χ4v) is 1.64. The Hall–Kier alpha value is -1.00. The Kier molecular flexibility index (Phi) is 3.18. The molecule has 0 amide bonds. The number of rotatable bonds is 1. The molecular formula is C8H7Cl2NO3. The molecule has 0 N–H and O–H groups in total. The topological polar surface area (TPSA) is 53.2 Å². The number of aromatic nitrogens is 1. The third kappa shape index (κ3) is 1.76. The van der Waals surface area contributed by atoms with Gasteiger partial charge in [-0.05, 0) is 11.6 Å². The number of carbonyl (C=O) groups excluding carboxylic acids is 1. The van der Waals surface area contributed by atoms with Crippen molar-refractivity contribution in [3.05, 3.63) is 32.7 Å². The van der Waals surface area contributed by atoms with E-state index < -0.39 is 5.97 Å². The minimum atomic E-state index is -0.732. The van der Waals surface area contributed by atoms with Gasteiger partial charge in [0, 0.05) is 13.0 Å². The van der Waals surface area contributed by atoms with Crippen molar-refractivity contribution >= 4 is 29.2 Å². The summed E-state index contributed by atoms with van der Waals surface area (Å²) in [5, 5.41) is 11.1. The zero-order valence-electron chi connectivity index (χ0n) is 7.51. The smallest absolute Gasteiger partial charge is 0.347 e. The van der Waals surface area contributed by atoms with Crippen molar-refractivity contribution in [1.82, 2.24) is 0 Å². The molecule has 6 heteroatoms. The Morgan fingerprint density at radius 2 is 2.14 bits per heavy atom. The van der Waals surface area contributed by atoms with Gasteiger partial charge in [0.05, 0.1) is 12.1 Å². The average Bonchev–Trinajstić information content (AvgIpc) is 2.14. The van der Waals surface area contributed by atoms with Crippen LogP contribution < -0.4 is 4.73 Å². The number of esters is 1. The van der Waals surface area contributed by atoms with Crippen molar-refractivity contribution in [3.63, 3.8) is 0 Å². The molecule has 0 atom stereocenters. The minimum Gasteiger partial charge on any atom is -0.617 e. The SMILES string of the molecule is COC(=O)c1c(Cl)cc(C)[n+]([O-])c1Cl. The summed E-state index contributed by atoms with van der Waals surface area (Å²) in [5.74, 6) is -0.732. The van der Waals surface area contributed by atoms with Crippen LogP contribution in [0.1, 0.15) is 16.1 Å². The quantitative estimate of drug-likeness (QED) is 0.323. The van der Waals surface area contributed by atoms with E-state index >= 15 is 0 Å². The van der Waals surface area contributed by atoms with Crippen LogP contribution in [-0.2, 0) is 4.74 Å². The van der Waals surface area contributed by atoms with Crippen LogP contribution in [0.3, 0.4) is 0 Å². The Morgan fingerprint density at radius 1 is 1.57 bits per heavy atom. The van der Waals surface area contributed by atoms with Gasteiger partial charge in [0.25, 0.3) is 0 Å². The Balaban J connectivity index is 3.44. The predicted octanol–water partition coefficient (Wildman–Crippen LogP) is 1.72. The van der Waals surface area contributed by atoms with Gasteiger partial charge in [-0.3, -0.25) is 0 Å². The number of hydrogen-bond acceptors (Lipinski definition) is 3. The second kappa shape index (κ2) is 4.02. The van der Waals surface area contributed by atoms with E-state index in [1.165, 1.54) is 20.1 Å². The van der Waals surface area contributed by atoms with Crippen LogP contribution in [-0.4, -0.2) is 13.1 Å². The molecule has 0 saturated carbocycles. The fourth-order valence-electron chi connectivity index (χ4n) is 0.953. The summed E-state index contributed by atoms with van der Waals surface area (Å²) in [6.07, 6.45) is 0. The molecule has 0 aromatic carbocycles. The van der Waals surface area contributed by atoms with Crippen LogP contribution in [0.5, 0.6) is 0 Å². The first-order valence-corrected chi connectivity index (χ1v) is 4.41. The van der Waals surface area contributed by atoms with E-state index in [-0.39, 0.29) is 15.7 Å². The number of hydrogen-bond donors (Lipinski definition) is 0. The van der Waals surface area contributed by atoms with Crippen molar-refractivity contribution in [1.29, 1.82) is 0 Å². The Bertz CT molecular complexity index is 393. The summed E-state index contributed by atoms with van der Waals surface area (Å²) in [5.41, 5.74) is 0.198. The first-order chi connectivity index (χ1) is 6.49. The van der Waals surface area contributed by atoms with Crippen LogP contribution >= 0.6 is 23.2 Å². The molecule has 4 nitrogen and oxygen atoms in total. The number of aryl methyl sites for hydroxylation is 1. The lowest BCUT2D eigenvalue weighted by Crippen LogP contribution is -2.33. The minimum absolute atomic E-state index is 0.103. The van der Waals surface area contributed by atoms with Gasteiger partial charge in [0.1, 0.15) is 0 Å².